The molecular formula is C41H68N8O12SSi2. The normalized spacial score (nSPS) is 26.1. The third kappa shape index (κ3) is 10.2. The molecule has 3 aliphatic heterocycles. The van der Waals surface area contributed by atoms with Crippen LogP contribution in [0.1, 0.15) is 104 Å². The molecule has 64 heavy (non-hydrogen) atoms. The van der Waals surface area contributed by atoms with Crippen LogP contribution in [0.25, 0.3) is 10.4 Å². The molecule has 0 bridgehead atoms. The zero-order chi connectivity index (χ0) is 48.0. The summed E-state index contributed by atoms with van der Waals surface area (Å²) in [6.07, 6.45) is 0.652. The van der Waals surface area contributed by atoms with Gasteiger partial charge in [0.05, 0.1) is 36.5 Å². The third-order valence-corrected chi connectivity index (χ3v) is 23.7. The molecule has 1 spiro atoms. The molecule has 2 saturated heterocycles. The number of hydrogen-bond acceptors (Lipinski definition) is 14. The van der Waals surface area contributed by atoms with E-state index in [-0.39, 0.29) is 47.5 Å². The van der Waals surface area contributed by atoms with Crippen molar-refractivity contribution in [2.75, 3.05) is 13.2 Å². The number of aliphatic hydroxyl groups is 1. The van der Waals surface area contributed by atoms with Crippen LogP contribution < -0.4 is 28.2 Å². The number of azide groups is 1. The summed E-state index contributed by atoms with van der Waals surface area (Å²) in [6, 6.07) is -0.665. The summed E-state index contributed by atoms with van der Waals surface area (Å²) in [5, 5.41) is 13.7. The molecule has 20 nitrogen and oxygen atoms in total. The van der Waals surface area contributed by atoms with E-state index in [0.29, 0.717) is 37.7 Å². The summed E-state index contributed by atoms with van der Waals surface area (Å²) >= 11 is 0. The van der Waals surface area contributed by atoms with Gasteiger partial charge in [-0.2, -0.15) is 8.42 Å². The fraction of sp³-hybridized carbons (Fsp3) is 0.756. The fourth-order valence-corrected chi connectivity index (χ4v) is 11.3. The molecule has 358 valence electrons. The zero-order valence-corrected chi connectivity index (χ0v) is 42.1. The van der Waals surface area contributed by atoms with Crippen LogP contribution in [-0.2, 0) is 45.7 Å². The Morgan fingerprint density at radius 1 is 0.875 bits per heavy atom. The summed E-state index contributed by atoms with van der Waals surface area (Å²) in [5.41, 5.74) is 12.0. The number of nitrogens with two attached hydrogens (primary N) is 1. The van der Waals surface area contributed by atoms with E-state index in [0.717, 1.165) is 14.5 Å². The van der Waals surface area contributed by atoms with Crippen LogP contribution in [0.5, 0.6) is 0 Å². The largest absolute Gasteiger partial charge is 0.414 e. The van der Waals surface area contributed by atoms with Crippen molar-refractivity contribution in [1.29, 1.82) is 0 Å². The Labute approximate surface area is 376 Å². The second kappa shape index (κ2) is 18.9. The van der Waals surface area contributed by atoms with Crippen molar-refractivity contribution < 1.29 is 36.0 Å². The predicted octanol–water partition coefficient (Wildman–Crippen LogP) is 4.77. The van der Waals surface area contributed by atoms with Crippen LogP contribution in [0.2, 0.25) is 36.3 Å². The van der Waals surface area contributed by atoms with E-state index < -0.39 is 98.3 Å². The van der Waals surface area contributed by atoms with Crippen LogP contribution in [0, 0.1) is 13.8 Å². The standard InChI is InChI=1S/C41H68N8O12SSi2/c1-26-21-48(32-20-28(44-45-43)29(23-50)58-32)37(53)46(34(26)51)18-16-14-13-15-17-19-47-35(52)27(2)22-49(38(47)54)36-33(60-64(11,12)40(6,7)8)41(30(42)25-62(55,56)61-41)31(59-36)24-57-63(9,10)39(3,4)5/h21-22,25,28-29,31-33,36,50H,13-20,23-24,42H2,1-12H3/t28?,29-,31-,32-,33+,36-,41-/m1/s1. The molecule has 3 aliphatic rings. The first kappa shape index (κ1) is 51.3. The number of hydrogen-bond donors (Lipinski definition) is 2. The van der Waals surface area contributed by atoms with Gasteiger partial charge in [0.25, 0.3) is 21.2 Å². The lowest BCUT2D eigenvalue weighted by atomic mass is 9.89. The molecule has 0 radical (unpaired) electrons. The quantitative estimate of drug-likeness (QED) is 0.0541. The maximum atomic E-state index is 14.5. The summed E-state index contributed by atoms with van der Waals surface area (Å²) in [7, 11) is -9.54. The summed E-state index contributed by atoms with van der Waals surface area (Å²) in [6.45, 7) is 23.3. The van der Waals surface area contributed by atoms with Crippen molar-refractivity contribution in [3.05, 3.63) is 86.7 Å². The third-order valence-electron chi connectivity index (χ3n) is 13.7. The smallest absolute Gasteiger partial charge is 0.333 e. The molecular weight excluding hydrogens is 885 g/mol. The van der Waals surface area contributed by atoms with Crippen molar-refractivity contribution in [2.45, 2.75) is 186 Å². The van der Waals surface area contributed by atoms with Crippen LogP contribution in [0.4, 0.5) is 0 Å². The van der Waals surface area contributed by atoms with Gasteiger partial charge in [0.1, 0.15) is 18.4 Å². The number of ether oxygens (including phenoxy) is 2. The molecule has 2 aromatic rings. The SMILES string of the molecule is Cc1cn([C@@H]2O[C@H](CO[Si](C)(C)C(C)(C)C)[C@@]3(OS(=O)(=O)C=C3N)[C@H]2O[Si](C)(C)C(C)(C)C)c(=O)n(CCCCCCCn2c(=O)c(C)cn([C@H]3CC(N=[N+]=[N-])[C@@H](CO)O3)c2=O)c1=O. The summed E-state index contributed by atoms with van der Waals surface area (Å²) in [4.78, 5) is 57.4. The Bertz CT molecular complexity index is 2500. The maximum absolute atomic E-state index is 14.5. The average molecular weight is 953 g/mol. The van der Waals surface area contributed by atoms with Gasteiger partial charge in [-0.3, -0.25) is 27.9 Å². The zero-order valence-electron chi connectivity index (χ0n) is 39.3. The molecule has 2 aromatic heterocycles. The van der Waals surface area contributed by atoms with E-state index in [9.17, 15) is 32.7 Å². The second-order valence-corrected chi connectivity index (χ2v) is 31.3. The van der Waals surface area contributed by atoms with Gasteiger partial charge in [0.15, 0.2) is 28.5 Å². The molecule has 23 heteroatoms. The van der Waals surface area contributed by atoms with Gasteiger partial charge < -0.3 is 29.2 Å². The topological polar surface area (TPSA) is 263 Å². The number of nitrogens with zero attached hydrogens (tertiary/aromatic N) is 7. The minimum absolute atomic E-state index is 0.0743. The summed E-state index contributed by atoms with van der Waals surface area (Å²) < 4.78 is 63.4. The van der Waals surface area contributed by atoms with Gasteiger partial charge in [0.2, 0.25) is 0 Å². The average Bonchev–Trinajstić information content (AvgIpc) is 3.80. The minimum Gasteiger partial charge on any atom is -0.414 e. The molecule has 0 aliphatic carbocycles. The van der Waals surface area contributed by atoms with Crippen molar-refractivity contribution in [3.63, 3.8) is 0 Å². The molecule has 3 N–H and O–H groups in total. The first-order valence-corrected chi connectivity index (χ1v) is 29.2. The van der Waals surface area contributed by atoms with Gasteiger partial charge in [-0.15, -0.1) is 0 Å². The van der Waals surface area contributed by atoms with Crippen LogP contribution in [-0.4, -0.2) is 91.6 Å². The van der Waals surface area contributed by atoms with E-state index >= 15 is 0 Å². The Hall–Kier alpha value is -3.65. The van der Waals surface area contributed by atoms with Crippen LogP contribution >= 0.6 is 0 Å². The monoisotopic (exact) mass is 952 g/mol. The molecule has 0 saturated carbocycles. The Morgan fingerprint density at radius 3 is 1.88 bits per heavy atom. The van der Waals surface area contributed by atoms with E-state index in [1.165, 1.54) is 21.5 Å². The highest BCUT2D eigenvalue weighted by atomic mass is 32.2. The van der Waals surface area contributed by atoms with Crippen molar-refractivity contribution in [3.8, 4) is 0 Å². The van der Waals surface area contributed by atoms with Gasteiger partial charge in [-0.25, -0.2) is 13.8 Å². The molecule has 2 fully saturated rings. The van der Waals surface area contributed by atoms with Crippen LogP contribution in [0.15, 0.2) is 47.8 Å². The van der Waals surface area contributed by atoms with E-state index in [1.54, 1.807) is 13.8 Å². The Kier molecular flexibility index (Phi) is 15.2. The van der Waals surface area contributed by atoms with E-state index in [1.807, 2.05) is 33.9 Å². The lowest BCUT2D eigenvalue weighted by Crippen LogP contribution is -2.59. The fourth-order valence-electron chi connectivity index (χ4n) is 7.82. The minimum atomic E-state index is -4.30. The van der Waals surface area contributed by atoms with E-state index in [2.05, 4.69) is 43.9 Å². The second-order valence-electron chi connectivity index (χ2n) is 20.3. The highest BCUT2D eigenvalue weighted by molar-refractivity contribution is 7.90. The highest BCUT2D eigenvalue weighted by Gasteiger charge is 2.67. The maximum Gasteiger partial charge on any atom is 0.333 e. The number of aliphatic hydroxyl groups excluding tert-OH is 1. The number of rotatable bonds is 17. The number of aromatic nitrogens is 4. The number of unbranched alkanes of at least 4 members (excludes halogenated alkanes) is 4. The molecule has 7 atom stereocenters. The van der Waals surface area contributed by atoms with Gasteiger partial charge in [0, 0.05) is 47.9 Å². The van der Waals surface area contributed by atoms with Crippen molar-refractivity contribution in [2.24, 2.45) is 10.8 Å². The Morgan fingerprint density at radius 2 is 1.39 bits per heavy atom. The highest BCUT2D eigenvalue weighted by Crippen LogP contribution is 2.52. The lowest BCUT2D eigenvalue weighted by molar-refractivity contribution is -0.0567. The number of aryl methyl sites for hydroxylation is 2. The molecule has 1 unspecified atom stereocenters. The summed E-state index contributed by atoms with van der Waals surface area (Å²) in [5.74, 6) is 0. The van der Waals surface area contributed by atoms with Crippen molar-refractivity contribution in [1.82, 2.24) is 18.3 Å². The van der Waals surface area contributed by atoms with E-state index in [4.69, 9.17) is 33.8 Å². The molecule has 0 aromatic carbocycles. The molecule has 5 heterocycles. The molecule has 0 amide bonds. The van der Waals surface area contributed by atoms with Crippen molar-refractivity contribution >= 4 is 26.8 Å². The van der Waals surface area contributed by atoms with Gasteiger partial charge >= 0.3 is 11.4 Å². The lowest BCUT2D eigenvalue weighted by Gasteiger charge is -2.43. The predicted molar refractivity (Wildman–Crippen MR) is 245 cm³/mol. The first-order valence-electron chi connectivity index (χ1n) is 21.9. The van der Waals surface area contributed by atoms with Crippen LogP contribution in [0.3, 0.4) is 0 Å². The molecule has 5 rings (SSSR count). The Balaban J connectivity index is 1.36. The van der Waals surface area contributed by atoms with Gasteiger partial charge in [-0.1, -0.05) is 65.9 Å². The van der Waals surface area contributed by atoms with Gasteiger partial charge in [-0.05, 0) is 68.5 Å². The first-order chi connectivity index (χ1) is 29.5.